The van der Waals surface area contributed by atoms with Crippen LogP contribution in [0.2, 0.25) is 0 Å². The Kier molecular flexibility index (Phi) is 6.20. The largest absolute Gasteiger partial charge is 0.362 e. The molecular weight excluding hydrogens is 422 g/mol. The van der Waals surface area contributed by atoms with Gasteiger partial charge in [0.2, 0.25) is 3.79 Å². The summed E-state index contributed by atoms with van der Waals surface area (Å²) in [6, 6.07) is 14.5. The van der Waals surface area contributed by atoms with Crippen molar-refractivity contribution in [3.05, 3.63) is 64.1 Å². The fraction of sp³-hybridized carbons (Fsp3) is 0.188. The number of carbonyl (C=O) groups is 1. The molecule has 0 saturated carbocycles. The second-order valence-electron chi connectivity index (χ2n) is 4.97. The van der Waals surface area contributed by atoms with Gasteiger partial charge in [0, 0.05) is 15.7 Å². The molecule has 0 saturated heterocycles. The summed E-state index contributed by atoms with van der Waals surface area (Å²) in [6.45, 7) is 1.95. The molecule has 0 aromatic heterocycles. The number of nitrogens with one attached hydrogen (secondary N) is 2. The first-order valence-corrected chi connectivity index (χ1v) is 8.65. The van der Waals surface area contributed by atoms with E-state index in [0.29, 0.717) is 11.3 Å². The molecule has 0 fully saturated rings. The summed E-state index contributed by atoms with van der Waals surface area (Å²) < 4.78 is -0.849. The molecular formula is C16H14BrCl3N2O. The molecule has 7 heteroatoms. The van der Waals surface area contributed by atoms with Crippen LogP contribution in [-0.4, -0.2) is 15.9 Å². The molecule has 1 atom stereocenters. The molecule has 0 aliphatic heterocycles. The van der Waals surface area contributed by atoms with Gasteiger partial charge in [-0.15, -0.1) is 0 Å². The molecule has 0 bridgehead atoms. The van der Waals surface area contributed by atoms with Crippen molar-refractivity contribution in [2.75, 3.05) is 5.32 Å². The van der Waals surface area contributed by atoms with E-state index in [-0.39, 0.29) is 5.91 Å². The fourth-order valence-corrected chi connectivity index (χ4v) is 2.59. The summed E-state index contributed by atoms with van der Waals surface area (Å²) in [7, 11) is 0. The Hall–Kier alpha value is -0.940. The van der Waals surface area contributed by atoms with Gasteiger partial charge in [0.1, 0.15) is 6.17 Å². The maximum absolute atomic E-state index is 12.3. The normalized spacial score (nSPS) is 12.6. The first kappa shape index (κ1) is 18.4. The lowest BCUT2D eigenvalue weighted by Crippen LogP contribution is -2.49. The molecule has 2 N–H and O–H groups in total. The van der Waals surface area contributed by atoms with E-state index in [9.17, 15) is 4.79 Å². The van der Waals surface area contributed by atoms with E-state index in [0.717, 1.165) is 10.0 Å². The van der Waals surface area contributed by atoms with Crippen molar-refractivity contribution in [3.8, 4) is 0 Å². The van der Waals surface area contributed by atoms with Crippen molar-refractivity contribution in [2.24, 2.45) is 0 Å². The molecule has 0 radical (unpaired) electrons. The standard InChI is InChI=1S/C16H14BrCl3N2O/c1-10-5-7-11(8-6-10)14(23)22-15(16(18,19)20)21-13-4-2-3-12(17)9-13/h2-9,15,21H,1H3,(H,22,23)/t15-/m0/s1. The highest BCUT2D eigenvalue weighted by Gasteiger charge is 2.34. The number of aryl methyl sites for hydroxylation is 1. The molecule has 0 unspecified atom stereocenters. The maximum Gasteiger partial charge on any atom is 0.252 e. The molecule has 2 aromatic rings. The number of alkyl halides is 3. The van der Waals surface area contributed by atoms with Crippen LogP contribution in [-0.2, 0) is 0 Å². The number of rotatable bonds is 4. The van der Waals surface area contributed by atoms with Gasteiger partial charge in [-0.05, 0) is 37.3 Å². The number of amides is 1. The summed E-state index contributed by atoms with van der Waals surface area (Å²) in [5, 5.41) is 5.71. The van der Waals surface area contributed by atoms with E-state index in [1.165, 1.54) is 0 Å². The van der Waals surface area contributed by atoms with Crippen LogP contribution in [0.5, 0.6) is 0 Å². The van der Waals surface area contributed by atoms with Crippen molar-refractivity contribution < 1.29 is 4.79 Å². The molecule has 0 aliphatic carbocycles. The van der Waals surface area contributed by atoms with Crippen molar-refractivity contribution in [2.45, 2.75) is 16.9 Å². The number of anilines is 1. The Morgan fingerprint density at radius 2 is 1.78 bits per heavy atom. The number of halogens is 4. The zero-order valence-electron chi connectivity index (χ0n) is 12.1. The van der Waals surface area contributed by atoms with E-state index < -0.39 is 9.96 Å². The number of hydrogen-bond acceptors (Lipinski definition) is 2. The van der Waals surface area contributed by atoms with Crippen LogP contribution in [0.1, 0.15) is 15.9 Å². The third-order valence-electron chi connectivity index (χ3n) is 3.05. The SMILES string of the molecule is Cc1ccc(C(=O)N[C@H](Nc2cccc(Br)c2)C(Cl)(Cl)Cl)cc1. The lowest BCUT2D eigenvalue weighted by atomic mass is 10.1. The average Bonchev–Trinajstić information content (AvgIpc) is 2.46. The third-order valence-corrected chi connectivity index (χ3v) is 4.20. The van der Waals surface area contributed by atoms with Gasteiger partial charge < -0.3 is 10.6 Å². The molecule has 2 aromatic carbocycles. The van der Waals surface area contributed by atoms with Crippen LogP contribution >= 0.6 is 50.7 Å². The van der Waals surface area contributed by atoms with Crippen LogP contribution < -0.4 is 10.6 Å². The summed E-state index contributed by atoms with van der Waals surface area (Å²) in [6.07, 6.45) is -0.893. The predicted octanol–water partition coefficient (Wildman–Crippen LogP) is 5.30. The van der Waals surface area contributed by atoms with E-state index in [1.807, 2.05) is 43.3 Å². The molecule has 2 rings (SSSR count). The van der Waals surface area contributed by atoms with Gasteiger partial charge in [0.15, 0.2) is 0 Å². The second-order valence-corrected chi connectivity index (χ2v) is 8.25. The molecule has 0 heterocycles. The van der Waals surface area contributed by atoms with Crippen molar-refractivity contribution in [3.63, 3.8) is 0 Å². The maximum atomic E-state index is 12.3. The molecule has 0 aliphatic rings. The van der Waals surface area contributed by atoms with E-state index >= 15 is 0 Å². The van der Waals surface area contributed by atoms with Crippen molar-refractivity contribution in [1.82, 2.24) is 5.32 Å². The smallest absolute Gasteiger partial charge is 0.252 e. The Labute approximate surface area is 158 Å². The van der Waals surface area contributed by atoms with Gasteiger partial charge in [-0.2, -0.15) is 0 Å². The average molecular weight is 437 g/mol. The van der Waals surface area contributed by atoms with Gasteiger partial charge in [-0.3, -0.25) is 4.79 Å². The van der Waals surface area contributed by atoms with Gasteiger partial charge >= 0.3 is 0 Å². The molecule has 0 spiro atoms. The van der Waals surface area contributed by atoms with E-state index in [4.69, 9.17) is 34.8 Å². The number of carbonyl (C=O) groups excluding carboxylic acids is 1. The Balaban J connectivity index is 2.16. The summed E-state index contributed by atoms with van der Waals surface area (Å²) in [5.74, 6) is -0.330. The minimum absolute atomic E-state index is 0.330. The minimum atomic E-state index is -1.72. The lowest BCUT2D eigenvalue weighted by Gasteiger charge is -2.27. The second kappa shape index (κ2) is 7.75. The molecule has 3 nitrogen and oxygen atoms in total. The van der Waals surface area contributed by atoms with Crippen LogP contribution in [0.4, 0.5) is 5.69 Å². The monoisotopic (exact) mass is 434 g/mol. The van der Waals surface area contributed by atoms with E-state index in [2.05, 4.69) is 26.6 Å². The predicted molar refractivity (Wildman–Crippen MR) is 100 cm³/mol. The minimum Gasteiger partial charge on any atom is -0.362 e. The summed E-state index contributed by atoms with van der Waals surface area (Å²) in [5.41, 5.74) is 2.26. The Morgan fingerprint density at radius 3 is 2.35 bits per heavy atom. The van der Waals surface area contributed by atoms with Gasteiger partial charge in [0.05, 0.1) is 0 Å². The van der Waals surface area contributed by atoms with Gasteiger partial charge in [-0.1, -0.05) is 74.5 Å². The first-order chi connectivity index (χ1) is 10.8. The third kappa shape index (κ3) is 5.57. The summed E-state index contributed by atoms with van der Waals surface area (Å²) in [4.78, 5) is 12.3. The van der Waals surface area contributed by atoms with Gasteiger partial charge in [-0.25, -0.2) is 0 Å². The van der Waals surface area contributed by atoms with Gasteiger partial charge in [0.25, 0.3) is 5.91 Å². The van der Waals surface area contributed by atoms with Crippen LogP contribution in [0.3, 0.4) is 0 Å². The molecule has 122 valence electrons. The number of hydrogen-bond donors (Lipinski definition) is 2. The van der Waals surface area contributed by atoms with Crippen LogP contribution in [0, 0.1) is 6.92 Å². The highest BCUT2D eigenvalue weighted by molar-refractivity contribution is 9.10. The Morgan fingerprint density at radius 1 is 1.13 bits per heavy atom. The van der Waals surface area contributed by atoms with Crippen molar-refractivity contribution in [1.29, 1.82) is 0 Å². The topological polar surface area (TPSA) is 41.1 Å². The zero-order chi connectivity index (χ0) is 17.0. The van der Waals surface area contributed by atoms with Crippen molar-refractivity contribution >= 4 is 62.3 Å². The molecule has 23 heavy (non-hydrogen) atoms. The van der Waals surface area contributed by atoms with Crippen LogP contribution in [0.15, 0.2) is 53.0 Å². The Bertz CT molecular complexity index is 686. The summed E-state index contributed by atoms with van der Waals surface area (Å²) >= 11 is 21.3. The number of benzene rings is 2. The lowest BCUT2D eigenvalue weighted by molar-refractivity contribution is 0.0942. The highest BCUT2D eigenvalue weighted by atomic mass is 79.9. The quantitative estimate of drug-likeness (QED) is 0.505. The van der Waals surface area contributed by atoms with Crippen LogP contribution in [0.25, 0.3) is 0 Å². The zero-order valence-corrected chi connectivity index (χ0v) is 16.0. The highest BCUT2D eigenvalue weighted by Crippen LogP contribution is 2.31. The first-order valence-electron chi connectivity index (χ1n) is 6.72. The van der Waals surface area contributed by atoms with E-state index in [1.54, 1.807) is 12.1 Å². The molecule has 1 amide bonds. The fourth-order valence-electron chi connectivity index (χ4n) is 1.86.